The Morgan fingerprint density at radius 1 is 1.13 bits per heavy atom. The number of ether oxygens (including phenoxy) is 1. The highest BCUT2D eigenvalue weighted by molar-refractivity contribution is 14.1. The molecule has 1 saturated carbocycles. The molecule has 1 aromatic rings. The van der Waals surface area contributed by atoms with Crippen LogP contribution in [-0.2, 0) is 4.74 Å². The van der Waals surface area contributed by atoms with Gasteiger partial charge in [-0.2, -0.15) is 0 Å². The number of morpholine rings is 1. The molecule has 0 spiro atoms. The number of amides is 1. The quantitative estimate of drug-likeness (QED) is 0.750. The first-order valence-corrected chi connectivity index (χ1v) is 9.64. The molecule has 1 aliphatic heterocycles. The lowest BCUT2D eigenvalue weighted by Gasteiger charge is -2.48. The van der Waals surface area contributed by atoms with Gasteiger partial charge in [0, 0.05) is 34.3 Å². The van der Waals surface area contributed by atoms with Crippen LogP contribution in [0.2, 0.25) is 0 Å². The van der Waals surface area contributed by atoms with Crippen LogP contribution in [0.5, 0.6) is 0 Å². The number of rotatable bonds is 4. The zero-order valence-corrected chi connectivity index (χ0v) is 15.7. The Bertz CT molecular complexity index is 520. The summed E-state index contributed by atoms with van der Waals surface area (Å²) in [6.07, 6.45) is 6.20. The zero-order chi connectivity index (χ0) is 16.1. The average Bonchev–Trinajstić information content (AvgIpc) is 2.62. The van der Waals surface area contributed by atoms with Gasteiger partial charge in [-0.05, 0) is 59.7 Å². The molecular weight excluding hydrogens is 403 g/mol. The van der Waals surface area contributed by atoms with Gasteiger partial charge in [0.2, 0.25) is 0 Å². The minimum absolute atomic E-state index is 0.0413. The molecule has 1 N–H and O–H groups in total. The Hall–Kier alpha value is -0.660. The first-order valence-electron chi connectivity index (χ1n) is 8.56. The van der Waals surface area contributed by atoms with Crippen molar-refractivity contribution >= 4 is 28.5 Å². The van der Waals surface area contributed by atoms with Crippen LogP contribution < -0.4 is 5.32 Å². The Morgan fingerprint density at radius 3 is 2.43 bits per heavy atom. The third kappa shape index (κ3) is 4.25. The van der Waals surface area contributed by atoms with Gasteiger partial charge in [-0.1, -0.05) is 19.3 Å². The summed E-state index contributed by atoms with van der Waals surface area (Å²) in [5, 5.41) is 3.20. The molecular formula is C18H25IN2O2. The second-order valence-electron chi connectivity index (χ2n) is 6.57. The van der Waals surface area contributed by atoms with E-state index in [0.29, 0.717) is 0 Å². The summed E-state index contributed by atoms with van der Waals surface area (Å²) in [5.41, 5.74) is 0.874. The molecule has 3 rings (SSSR count). The normalized spacial score (nSPS) is 21.8. The molecule has 5 heteroatoms. The molecule has 2 aliphatic rings. The molecule has 0 radical (unpaired) electrons. The number of carbonyl (C=O) groups excluding carboxylic acids is 1. The molecule has 1 aromatic carbocycles. The number of halogens is 1. The van der Waals surface area contributed by atoms with Crippen molar-refractivity contribution in [3.63, 3.8) is 0 Å². The highest BCUT2D eigenvalue weighted by Crippen LogP contribution is 2.33. The summed E-state index contributed by atoms with van der Waals surface area (Å²) in [7, 11) is 0. The van der Waals surface area contributed by atoms with Gasteiger partial charge in [0.1, 0.15) is 0 Å². The second kappa shape index (κ2) is 7.94. The van der Waals surface area contributed by atoms with Gasteiger partial charge in [-0.25, -0.2) is 0 Å². The molecule has 2 fully saturated rings. The lowest BCUT2D eigenvalue weighted by atomic mass is 9.79. The summed E-state index contributed by atoms with van der Waals surface area (Å²) in [5.74, 6) is 0.0413. The van der Waals surface area contributed by atoms with E-state index in [1.807, 2.05) is 24.3 Å². The van der Waals surface area contributed by atoms with Crippen LogP contribution in [-0.4, -0.2) is 49.2 Å². The molecule has 23 heavy (non-hydrogen) atoms. The summed E-state index contributed by atoms with van der Waals surface area (Å²) in [6.45, 7) is 4.34. The Labute approximate surface area is 152 Å². The standard InChI is InChI=1S/C18H25IN2O2/c19-16-6-4-15(5-7-16)17(22)20-14-18(8-2-1-3-9-18)21-10-12-23-13-11-21/h4-7H,1-3,8-14H2,(H,20,22). The molecule has 4 nitrogen and oxygen atoms in total. The molecule has 0 aromatic heterocycles. The zero-order valence-electron chi connectivity index (χ0n) is 13.5. The van der Waals surface area contributed by atoms with Crippen LogP contribution in [0.3, 0.4) is 0 Å². The van der Waals surface area contributed by atoms with Gasteiger partial charge in [0.15, 0.2) is 0 Å². The van der Waals surface area contributed by atoms with Crippen molar-refractivity contribution in [3.8, 4) is 0 Å². The van der Waals surface area contributed by atoms with Crippen LogP contribution in [0.15, 0.2) is 24.3 Å². The van der Waals surface area contributed by atoms with Crippen molar-refractivity contribution < 1.29 is 9.53 Å². The van der Waals surface area contributed by atoms with Gasteiger partial charge in [0.05, 0.1) is 13.2 Å². The summed E-state index contributed by atoms with van der Waals surface area (Å²) in [4.78, 5) is 15.0. The van der Waals surface area contributed by atoms with E-state index in [4.69, 9.17) is 4.74 Å². The summed E-state index contributed by atoms with van der Waals surface area (Å²) >= 11 is 2.26. The maximum atomic E-state index is 12.5. The molecule has 1 aliphatic carbocycles. The number of carbonyl (C=O) groups is 1. The van der Waals surface area contributed by atoms with E-state index >= 15 is 0 Å². The lowest BCUT2D eigenvalue weighted by Crippen LogP contribution is -2.59. The predicted octanol–water partition coefficient (Wildman–Crippen LogP) is 3.06. The van der Waals surface area contributed by atoms with E-state index in [1.54, 1.807) is 0 Å². The molecule has 1 heterocycles. The fraction of sp³-hybridized carbons (Fsp3) is 0.611. The van der Waals surface area contributed by atoms with Gasteiger partial charge < -0.3 is 10.1 Å². The number of benzene rings is 1. The fourth-order valence-corrected chi connectivity index (χ4v) is 4.16. The minimum Gasteiger partial charge on any atom is -0.379 e. The SMILES string of the molecule is O=C(NCC1(N2CCOCC2)CCCCC1)c1ccc(I)cc1. The Kier molecular flexibility index (Phi) is 5.93. The van der Waals surface area contributed by atoms with E-state index in [9.17, 15) is 4.79 Å². The van der Waals surface area contributed by atoms with Gasteiger partial charge in [-0.15, -0.1) is 0 Å². The summed E-state index contributed by atoms with van der Waals surface area (Å²) < 4.78 is 6.66. The molecule has 126 valence electrons. The number of nitrogens with zero attached hydrogens (tertiary/aromatic N) is 1. The van der Waals surface area contributed by atoms with Crippen molar-refractivity contribution in [2.45, 2.75) is 37.6 Å². The highest BCUT2D eigenvalue weighted by atomic mass is 127. The summed E-state index contributed by atoms with van der Waals surface area (Å²) in [6, 6.07) is 7.76. The maximum Gasteiger partial charge on any atom is 0.251 e. The molecule has 1 saturated heterocycles. The second-order valence-corrected chi connectivity index (χ2v) is 7.82. The van der Waals surface area contributed by atoms with Crippen molar-refractivity contribution in [2.75, 3.05) is 32.8 Å². The smallest absolute Gasteiger partial charge is 0.251 e. The fourth-order valence-electron chi connectivity index (χ4n) is 3.80. The van der Waals surface area contributed by atoms with E-state index < -0.39 is 0 Å². The van der Waals surface area contributed by atoms with Crippen LogP contribution in [0.1, 0.15) is 42.5 Å². The first kappa shape index (κ1) is 17.2. The number of hydrogen-bond acceptors (Lipinski definition) is 3. The molecule has 0 atom stereocenters. The molecule has 1 amide bonds. The van der Waals surface area contributed by atoms with E-state index in [0.717, 1.165) is 42.0 Å². The maximum absolute atomic E-state index is 12.5. The van der Waals surface area contributed by atoms with Crippen molar-refractivity contribution in [2.24, 2.45) is 0 Å². The van der Waals surface area contributed by atoms with Gasteiger partial charge in [0.25, 0.3) is 5.91 Å². The Balaban J connectivity index is 1.66. The van der Waals surface area contributed by atoms with E-state index in [2.05, 4.69) is 32.8 Å². The molecule has 0 unspecified atom stereocenters. The highest BCUT2D eigenvalue weighted by Gasteiger charge is 2.38. The van der Waals surface area contributed by atoms with E-state index in [1.165, 1.54) is 32.1 Å². The first-order chi connectivity index (χ1) is 11.2. The van der Waals surface area contributed by atoms with Crippen LogP contribution in [0.25, 0.3) is 0 Å². The van der Waals surface area contributed by atoms with Crippen molar-refractivity contribution in [1.82, 2.24) is 10.2 Å². The topological polar surface area (TPSA) is 41.6 Å². The van der Waals surface area contributed by atoms with Gasteiger partial charge in [-0.3, -0.25) is 9.69 Å². The number of nitrogens with one attached hydrogen (secondary N) is 1. The third-order valence-electron chi connectivity index (χ3n) is 5.15. The monoisotopic (exact) mass is 428 g/mol. The third-order valence-corrected chi connectivity index (χ3v) is 5.87. The van der Waals surface area contributed by atoms with Gasteiger partial charge >= 0.3 is 0 Å². The average molecular weight is 428 g/mol. The minimum atomic E-state index is 0.0413. The van der Waals surface area contributed by atoms with E-state index in [-0.39, 0.29) is 11.4 Å². The lowest BCUT2D eigenvalue weighted by molar-refractivity contribution is -0.0361. The predicted molar refractivity (Wildman–Crippen MR) is 99.7 cm³/mol. The van der Waals surface area contributed by atoms with Crippen LogP contribution in [0, 0.1) is 3.57 Å². The number of hydrogen-bond donors (Lipinski definition) is 1. The van der Waals surface area contributed by atoms with Crippen molar-refractivity contribution in [3.05, 3.63) is 33.4 Å². The molecule has 0 bridgehead atoms. The Morgan fingerprint density at radius 2 is 1.78 bits per heavy atom. The largest absolute Gasteiger partial charge is 0.379 e. The van der Waals surface area contributed by atoms with Crippen LogP contribution in [0.4, 0.5) is 0 Å². The van der Waals surface area contributed by atoms with Crippen molar-refractivity contribution in [1.29, 1.82) is 0 Å². The van der Waals surface area contributed by atoms with Crippen LogP contribution >= 0.6 is 22.6 Å².